The summed E-state index contributed by atoms with van der Waals surface area (Å²) in [6.45, 7) is 4.99. The van der Waals surface area contributed by atoms with Gasteiger partial charge in [-0.2, -0.15) is 0 Å². The van der Waals surface area contributed by atoms with E-state index in [1.54, 1.807) is 0 Å². The third-order valence-electron chi connectivity index (χ3n) is 2.48. The molecular formula is C10H20N2O3. The first kappa shape index (κ1) is 12.4. The summed E-state index contributed by atoms with van der Waals surface area (Å²) in [5, 5.41) is 11.9. The summed E-state index contributed by atoms with van der Waals surface area (Å²) in [4.78, 5) is 13.4. The maximum atomic E-state index is 11.5. The molecule has 0 aromatic heterocycles. The Hall–Kier alpha value is -0.650. The molecule has 0 aliphatic carbocycles. The highest BCUT2D eigenvalue weighted by Crippen LogP contribution is 2.05. The molecule has 1 saturated heterocycles. The predicted molar refractivity (Wildman–Crippen MR) is 56.6 cm³/mol. The Bertz CT molecular complexity index is 199. The number of carbonyl (C=O) groups excluding carboxylic acids is 1. The first-order chi connectivity index (χ1) is 7.27. The average molecular weight is 216 g/mol. The van der Waals surface area contributed by atoms with Crippen molar-refractivity contribution in [3.63, 3.8) is 0 Å². The third kappa shape index (κ3) is 4.15. The van der Waals surface area contributed by atoms with Gasteiger partial charge in [0.15, 0.2) is 0 Å². The lowest BCUT2D eigenvalue weighted by Crippen LogP contribution is -2.51. The fourth-order valence-corrected chi connectivity index (χ4v) is 1.57. The van der Waals surface area contributed by atoms with E-state index in [0.29, 0.717) is 32.8 Å². The molecule has 1 amide bonds. The van der Waals surface area contributed by atoms with Gasteiger partial charge in [0.1, 0.15) is 0 Å². The first-order valence-corrected chi connectivity index (χ1v) is 5.47. The highest BCUT2D eigenvalue weighted by atomic mass is 16.5. The second-order valence-electron chi connectivity index (χ2n) is 3.73. The number of hydrogen-bond donors (Lipinski definition) is 2. The number of carbonyl (C=O) groups is 1. The molecule has 1 atom stereocenters. The van der Waals surface area contributed by atoms with Gasteiger partial charge in [0.05, 0.1) is 32.4 Å². The molecule has 88 valence electrons. The van der Waals surface area contributed by atoms with Crippen LogP contribution in [0.5, 0.6) is 0 Å². The number of hydrogen-bond acceptors (Lipinski definition) is 4. The molecule has 15 heavy (non-hydrogen) atoms. The Labute approximate surface area is 90.4 Å². The minimum atomic E-state index is -0.0360. The normalized spacial score (nSPS) is 22.7. The van der Waals surface area contributed by atoms with Crippen molar-refractivity contribution in [2.24, 2.45) is 0 Å². The van der Waals surface area contributed by atoms with Gasteiger partial charge in [0.2, 0.25) is 5.91 Å². The standard InChI is InChI=1S/C10H20N2O3/c1-2-3-11-10(14)6-12-4-5-15-8-9(12)7-13/h9,13H,2-8H2,1H3,(H,11,14). The zero-order valence-electron chi connectivity index (χ0n) is 9.24. The van der Waals surface area contributed by atoms with Crippen LogP contribution in [-0.2, 0) is 9.53 Å². The highest BCUT2D eigenvalue weighted by molar-refractivity contribution is 5.78. The number of nitrogens with one attached hydrogen (secondary N) is 1. The van der Waals surface area contributed by atoms with Crippen molar-refractivity contribution in [3.8, 4) is 0 Å². The van der Waals surface area contributed by atoms with Gasteiger partial charge < -0.3 is 15.2 Å². The number of rotatable bonds is 5. The van der Waals surface area contributed by atoms with E-state index in [1.165, 1.54) is 0 Å². The molecule has 1 unspecified atom stereocenters. The van der Waals surface area contributed by atoms with Crippen LogP contribution < -0.4 is 5.32 Å². The van der Waals surface area contributed by atoms with Gasteiger partial charge in [0.25, 0.3) is 0 Å². The summed E-state index contributed by atoms with van der Waals surface area (Å²) >= 11 is 0. The zero-order chi connectivity index (χ0) is 11.1. The van der Waals surface area contributed by atoms with Crippen LogP contribution in [-0.4, -0.2) is 61.4 Å². The minimum Gasteiger partial charge on any atom is -0.395 e. The van der Waals surface area contributed by atoms with Crippen molar-refractivity contribution >= 4 is 5.91 Å². The van der Waals surface area contributed by atoms with Gasteiger partial charge in [0, 0.05) is 13.1 Å². The van der Waals surface area contributed by atoms with Crippen molar-refractivity contribution in [2.75, 3.05) is 39.5 Å². The second kappa shape index (κ2) is 6.76. The number of amides is 1. The molecule has 0 saturated carbocycles. The molecule has 1 fully saturated rings. The summed E-state index contributed by atoms with van der Waals surface area (Å²) < 4.78 is 5.23. The maximum Gasteiger partial charge on any atom is 0.234 e. The predicted octanol–water partition coefficient (Wildman–Crippen LogP) is -0.794. The lowest BCUT2D eigenvalue weighted by molar-refractivity contribution is -0.125. The molecule has 1 heterocycles. The van der Waals surface area contributed by atoms with Crippen molar-refractivity contribution < 1.29 is 14.6 Å². The summed E-state index contributed by atoms with van der Waals surface area (Å²) in [5.41, 5.74) is 0. The molecule has 5 nitrogen and oxygen atoms in total. The van der Waals surface area contributed by atoms with E-state index in [9.17, 15) is 4.79 Å². The maximum absolute atomic E-state index is 11.5. The number of aliphatic hydroxyl groups is 1. The smallest absolute Gasteiger partial charge is 0.234 e. The van der Waals surface area contributed by atoms with Gasteiger partial charge in [-0.3, -0.25) is 9.69 Å². The lowest BCUT2D eigenvalue weighted by atomic mass is 10.2. The molecule has 0 bridgehead atoms. The van der Waals surface area contributed by atoms with Crippen LogP contribution in [0, 0.1) is 0 Å². The van der Waals surface area contributed by atoms with E-state index >= 15 is 0 Å². The van der Waals surface area contributed by atoms with Gasteiger partial charge in [-0.25, -0.2) is 0 Å². The minimum absolute atomic E-state index is 0.0252. The van der Waals surface area contributed by atoms with Gasteiger partial charge >= 0.3 is 0 Å². The van der Waals surface area contributed by atoms with Crippen LogP contribution in [0.15, 0.2) is 0 Å². The summed E-state index contributed by atoms with van der Waals surface area (Å²) in [5.74, 6) is 0.0252. The fourth-order valence-electron chi connectivity index (χ4n) is 1.57. The number of nitrogens with zero attached hydrogens (tertiary/aromatic N) is 1. The highest BCUT2D eigenvalue weighted by Gasteiger charge is 2.23. The van der Waals surface area contributed by atoms with E-state index < -0.39 is 0 Å². The first-order valence-electron chi connectivity index (χ1n) is 5.47. The van der Waals surface area contributed by atoms with E-state index in [0.717, 1.165) is 6.42 Å². The van der Waals surface area contributed by atoms with E-state index in [2.05, 4.69) is 5.32 Å². The number of morpholine rings is 1. The van der Waals surface area contributed by atoms with E-state index in [1.807, 2.05) is 11.8 Å². The molecule has 5 heteroatoms. The number of ether oxygens (including phenoxy) is 1. The second-order valence-corrected chi connectivity index (χ2v) is 3.73. The van der Waals surface area contributed by atoms with Crippen LogP contribution in [0.4, 0.5) is 0 Å². The Morgan fingerprint density at radius 3 is 3.13 bits per heavy atom. The number of aliphatic hydroxyl groups excluding tert-OH is 1. The topological polar surface area (TPSA) is 61.8 Å². The average Bonchev–Trinajstić information content (AvgIpc) is 2.27. The van der Waals surface area contributed by atoms with Crippen LogP contribution in [0.2, 0.25) is 0 Å². The molecular weight excluding hydrogens is 196 g/mol. The molecule has 0 aromatic carbocycles. The van der Waals surface area contributed by atoms with Crippen LogP contribution in [0.25, 0.3) is 0 Å². The SMILES string of the molecule is CCCNC(=O)CN1CCOCC1CO. The monoisotopic (exact) mass is 216 g/mol. The van der Waals surface area contributed by atoms with Crippen LogP contribution >= 0.6 is 0 Å². The molecule has 2 N–H and O–H groups in total. The van der Waals surface area contributed by atoms with Crippen molar-refractivity contribution in [1.29, 1.82) is 0 Å². The zero-order valence-corrected chi connectivity index (χ0v) is 9.24. The molecule has 1 aliphatic heterocycles. The molecule has 1 aliphatic rings. The molecule has 0 aromatic rings. The van der Waals surface area contributed by atoms with Crippen molar-refractivity contribution in [3.05, 3.63) is 0 Å². The fraction of sp³-hybridized carbons (Fsp3) is 0.900. The van der Waals surface area contributed by atoms with Crippen LogP contribution in [0.1, 0.15) is 13.3 Å². The largest absolute Gasteiger partial charge is 0.395 e. The lowest BCUT2D eigenvalue weighted by Gasteiger charge is -2.33. The molecule has 0 spiro atoms. The Balaban J connectivity index is 2.30. The summed E-state index contributed by atoms with van der Waals surface area (Å²) in [6, 6.07) is -0.0360. The molecule has 1 rings (SSSR count). The quantitative estimate of drug-likeness (QED) is 0.632. The van der Waals surface area contributed by atoms with Gasteiger partial charge in [-0.1, -0.05) is 6.92 Å². The van der Waals surface area contributed by atoms with Crippen molar-refractivity contribution in [1.82, 2.24) is 10.2 Å². The Kier molecular flexibility index (Phi) is 5.60. The van der Waals surface area contributed by atoms with E-state index in [-0.39, 0.29) is 18.6 Å². The Morgan fingerprint density at radius 1 is 1.67 bits per heavy atom. The third-order valence-corrected chi connectivity index (χ3v) is 2.48. The van der Waals surface area contributed by atoms with Gasteiger partial charge in [-0.05, 0) is 6.42 Å². The van der Waals surface area contributed by atoms with Crippen LogP contribution in [0.3, 0.4) is 0 Å². The van der Waals surface area contributed by atoms with Crippen molar-refractivity contribution in [2.45, 2.75) is 19.4 Å². The summed E-state index contributed by atoms with van der Waals surface area (Å²) in [6.07, 6.45) is 0.943. The molecule has 0 radical (unpaired) electrons. The van der Waals surface area contributed by atoms with E-state index in [4.69, 9.17) is 9.84 Å². The van der Waals surface area contributed by atoms with Gasteiger partial charge in [-0.15, -0.1) is 0 Å². The summed E-state index contributed by atoms with van der Waals surface area (Å²) in [7, 11) is 0. The Morgan fingerprint density at radius 2 is 2.47 bits per heavy atom.